The second-order valence-electron chi connectivity index (χ2n) is 0. The molecule has 0 fully saturated rings. The molecule has 0 atom stereocenters. The van der Waals surface area contributed by atoms with E-state index in [1.54, 1.807) is 0 Å². The van der Waals surface area contributed by atoms with Crippen LogP contribution < -0.4 is 0 Å². The minimum absolute atomic E-state index is 0. The molecule has 7 heavy (non-hydrogen) atoms. The van der Waals surface area contributed by atoms with Crippen LogP contribution in [0, 0.1) is 0 Å². The van der Waals surface area contributed by atoms with E-state index in [0.717, 1.165) is 0 Å². The molecule has 0 nitrogen and oxygen atoms in total. The zero-order valence-electron chi connectivity index (χ0n) is 2.86. The maximum absolute atomic E-state index is 0. The van der Waals surface area contributed by atoms with Crippen molar-refractivity contribution >= 4 is 102 Å². The molecule has 0 heterocycles. The quantitative estimate of drug-likeness (QED) is 0.444. The first-order valence-corrected chi connectivity index (χ1v) is 0. The molecule has 0 spiro atoms. The van der Waals surface area contributed by atoms with E-state index >= 15 is 0 Å². The minimum atomic E-state index is 0. The fourth-order valence-electron chi connectivity index (χ4n) is 0. The summed E-state index contributed by atoms with van der Waals surface area (Å²) in [5, 5.41) is 0. The van der Waals surface area contributed by atoms with E-state index in [1.807, 2.05) is 0 Å². The standard InChI is InChI=1S/6BrH.Cr/h6*1H;. The maximum Gasteiger partial charge on any atom is 0 e. The third-order valence-corrected chi connectivity index (χ3v) is 0. The summed E-state index contributed by atoms with van der Waals surface area (Å²) in [5.74, 6) is 0. The molecule has 0 saturated heterocycles. The van der Waals surface area contributed by atoms with Crippen LogP contribution >= 0.6 is 102 Å². The Kier molecular flexibility index (Phi) is 647. The van der Waals surface area contributed by atoms with Gasteiger partial charge in [-0.25, -0.2) is 0 Å². The van der Waals surface area contributed by atoms with Crippen molar-refractivity contribution in [2.75, 3.05) is 0 Å². The summed E-state index contributed by atoms with van der Waals surface area (Å²) >= 11 is 0. The van der Waals surface area contributed by atoms with Crippen molar-refractivity contribution in [1.82, 2.24) is 0 Å². The van der Waals surface area contributed by atoms with E-state index < -0.39 is 0 Å². The summed E-state index contributed by atoms with van der Waals surface area (Å²) in [7, 11) is 0. The number of rotatable bonds is 0. The Hall–Kier alpha value is 3.41. The summed E-state index contributed by atoms with van der Waals surface area (Å²) in [4.78, 5) is 0. The molecule has 0 aliphatic heterocycles. The van der Waals surface area contributed by atoms with Crippen LogP contribution in [0.4, 0.5) is 0 Å². The summed E-state index contributed by atoms with van der Waals surface area (Å²) < 4.78 is 0. The molecule has 0 unspecified atom stereocenters. The fraction of sp³-hybridized carbons (Fsp3) is 0. The maximum atomic E-state index is 0. The Morgan fingerprint density at radius 2 is 0.286 bits per heavy atom. The van der Waals surface area contributed by atoms with Crippen LogP contribution in [0.5, 0.6) is 0 Å². The van der Waals surface area contributed by atoms with Crippen LogP contribution in [0.25, 0.3) is 0 Å². The summed E-state index contributed by atoms with van der Waals surface area (Å²) in [6, 6.07) is 0. The van der Waals surface area contributed by atoms with E-state index in [9.17, 15) is 0 Å². The van der Waals surface area contributed by atoms with Gasteiger partial charge >= 0.3 is 0 Å². The largest absolute Gasteiger partial charge is 0.114 e. The van der Waals surface area contributed by atoms with Gasteiger partial charge in [0.2, 0.25) is 0 Å². The Morgan fingerprint density at radius 1 is 0.286 bits per heavy atom. The summed E-state index contributed by atoms with van der Waals surface area (Å²) in [6.07, 6.45) is 0. The van der Waals surface area contributed by atoms with Crippen LogP contribution in [0.3, 0.4) is 0 Å². The van der Waals surface area contributed by atoms with Crippen molar-refractivity contribution in [3.63, 3.8) is 0 Å². The second kappa shape index (κ2) is 57.2. The van der Waals surface area contributed by atoms with Gasteiger partial charge in [-0.3, -0.25) is 0 Å². The Balaban J connectivity index is 0. The van der Waals surface area contributed by atoms with Crippen LogP contribution in [-0.4, -0.2) is 0 Å². The van der Waals surface area contributed by atoms with Crippen molar-refractivity contribution < 1.29 is 17.4 Å². The van der Waals surface area contributed by atoms with Crippen molar-refractivity contribution in [3.8, 4) is 0 Å². The van der Waals surface area contributed by atoms with Crippen molar-refractivity contribution in [3.05, 3.63) is 0 Å². The monoisotopic (exact) mass is 531 g/mol. The molecule has 54 valence electrons. The molecule has 0 amide bonds. The van der Waals surface area contributed by atoms with E-state index in [0.29, 0.717) is 0 Å². The molecule has 0 aromatic carbocycles. The number of hydrogen-bond acceptors (Lipinski definition) is 0. The molecule has 0 aromatic heterocycles. The first kappa shape index (κ1) is 79.2. The van der Waals surface area contributed by atoms with Gasteiger partial charge in [0, 0.05) is 17.4 Å². The van der Waals surface area contributed by atoms with E-state index in [4.69, 9.17) is 0 Å². The van der Waals surface area contributed by atoms with Gasteiger partial charge in [-0.05, 0) is 0 Å². The first-order valence-electron chi connectivity index (χ1n) is 0. The van der Waals surface area contributed by atoms with Gasteiger partial charge in [-0.15, -0.1) is 102 Å². The molecule has 0 aromatic rings. The Labute approximate surface area is 117 Å². The zero-order chi connectivity index (χ0) is 0. The molecule has 0 N–H and O–H groups in total. The molecule has 0 bridgehead atoms. The van der Waals surface area contributed by atoms with E-state index in [-0.39, 0.29) is 119 Å². The Bertz CT molecular complexity index is 4.14. The van der Waals surface area contributed by atoms with Crippen LogP contribution in [0.2, 0.25) is 0 Å². The first-order chi connectivity index (χ1) is 0. The smallest absolute Gasteiger partial charge is 0 e. The average Bonchev–Trinajstić information content (AvgIpc) is 0. The van der Waals surface area contributed by atoms with Crippen molar-refractivity contribution in [1.29, 1.82) is 0 Å². The van der Waals surface area contributed by atoms with E-state index in [2.05, 4.69) is 0 Å². The Morgan fingerprint density at radius 3 is 0.286 bits per heavy atom. The molecule has 0 aliphatic carbocycles. The normalized spacial score (nSPS) is 0. The molecular weight excluding hydrogens is 531 g/mol. The van der Waals surface area contributed by atoms with Gasteiger partial charge in [0.1, 0.15) is 0 Å². The van der Waals surface area contributed by atoms with Crippen LogP contribution in [0.1, 0.15) is 0 Å². The van der Waals surface area contributed by atoms with Gasteiger partial charge in [0.15, 0.2) is 0 Å². The fourth-order valence-corrected chi connectivity index (χ4v) is 0. The predicted octanol–water partition coefficient (Wildman–Crippen LogP) is 3.46. The topological polar surface area (TPSA) is 0 Å². The molecule has 0 saturated carbocycles. The van der Waals surface area contributed by atoms with Crippen LogP contribution in [0.15, 0.2) is 0 Å². The van der Waals surface area contributed by atoms with Crippen molar-refractivity contribution in [2.45, 2.75) is 0 Å². The third kappa shape index (κ3) is 44.4. The van der Waals surface area contributed by atoms with Gasteiger partial charge in [-0.2, -0.15) is 0 Å². The number of halogens is 6. The zero-order valence-corrected chi connectivity index (χ0v) is 14.4. The van der Waals surface area contributed by atoms with Gasteiger partial charge in [0.25, 0.3) is 0 Å². The summed E-state index contributed by atoms with van der Waals surface area (Å²) in [5.41, 5.74) is 0. The van der Waals surface area contributed by atoms with Crippen molar-refractivity contribution in [2.24, 2.45) is 0 Å². The van der Waals surface area contributed by atoms with Gasteiger partial charge < -0.3 is 0 Å². The second-order valence-corrected chi connectivity index (χ2v) is 0. The number of hydrogen-bond donors (Lipinski definition) is 0. The average molecular weight is 537 g/mol. The van der Waals surface area contributed by atoms with Crippen LogP contribution in [-0.2, 0) is 17.4 Å². The molecule has 0 radical (unpaired) electrons. The third-order valence-electron chi connectivity index (χ3n) is 0. The van der Waals surface area contributed by atoms with Gasteiger partial charge in [-0.1, -0.05) is 0 Å². The molecular formula is H6Br6Cr. The summed E-state index contributed by atoms with van der Waals surface area (Å²) in [6.45, 7) is 0. The molecule has 0 aliphatic rings. The van der Waals surface area contributed by atoms with E-state index in [1.165, 1.54) is 0 Å². The molecule has 0 rings (SSSR count). The molecule has 7 heteroatoms. The predicted molar refractivity (Wildman–Crippen MR) is 61.9 cm³/mol. The SMILES string of the molecule is Br.Br.Br.Br.Br.Br.[Cr]. The van der Waals surface area contributed by atoms with Gasteiger partial charge in [0.05, 0.1) is 0 Å². The minimum Gasteiger partial charge on any atom is -0.114 e.